The van der Waals surface area contributed by atoms with Crippen molar-refractivity contribution in [3.8, 4) is 0 Å². The molecule has 2 rings (SSSR count). The van der Waals surface area contributed by atoms with Gasteiger partial charge in [-0.2, -0.15) is 0 Å². The minimum Gasteiger partial charge on any atom is -0.390 e. The molecule has 176 valence electrons. The van der Waals surface area contributed by atoms with Gasteiger partial charge in [-0.3, -0.25) is 9.59 Å². The lowest BCUT2D eigenvalue weighted by Crippen LogP contribution is -2.52. The van der Waals surface area contributed by atoms with Gasteiger partial charge in [0.1, 0.15) is 6.10 Å². The van der Waals surface area contributed by atoms with Crippen molar-refractivity contribution in [3.05, 3.63) is 11.1 Å². The molecule has 3 atom stereocenters. The summed E-state index contributed by atoms with van der Waals surface area (Å²) in [6.07, 6.45) is 4.51. The third-order valence-electron chi connectivity index (χ3n) is 6.01. The fourth-order valence-corrected chi connectivity index (χ4v) is 4.98. The SMILES string of the molecule is CC(C)C[C@H](O)[C@H](O)[C@H](CC1CCCCC1)N(Cc1csc(N)n1)C(=O)CCC(N)=O. The van der Waals surface area contributed by atoms with Crippen LogP contribution in [0.15, 0.2) is 5.38 Å². The number of aliphatic hydroxyl groups is 2. The van der Waals surface area contributed by atoms with E-state index in [1.807, 2.05) is 13.8 Å². The van der Waals surface area contributed by atoms with E-state index < -0.39 is 24.2 Å². The number of aromatic nitrogens is 1. The Labute approximate surface area is 189 Å². The average Bonchev–Trinajstić information content (AvgIpc) is 3.13. The predicted molar refractivity (Wildman–Crippen MR) is 122 cm³/mol. The third-order valence-corrected chi connectivity index (χ3v) is 6.73. The number of hydrogen-bond donors (Lipinski definition) is 4. The molecular formula is C22H38N4O4S. The normalized spacial score (nSPS) is 18.0. The first kappa shape index (κ1) is 25.5. The van der Waals surface area contributed by atoms with Gasteiger partial charge >= 0.3 is 0 Å². The quantitative estimate of drug-likeness (QED) is 0.382. The Morgan fingerprint density at radius 3 is 2.45 bits per heavy atom. The number of thiazole rings is 1. The first-order valence-electron chi connectivity index (χ1n) is 11.3. The Balaban J connectivity index is 2.30. The molecular weight excluding hydrogens is 416 g/mol. The van der Waals surface area contributed by atoms with Crippen LogP contribution in [0.1, 0.15) is 77.3 Å². The molecule has 9 heteroatoms. The van der Waals surface area contributed by atoms with Crippen molar-refractivity contribution in [3.63, 3.8) is 0 Å². The Hall–Kier alpha value is -1.71. The number of hydrogen-bond acceptors (Lipinski definition) is 7. The first-order chi connectivity index (χ1) is 14.7. The maximum absolute atomic E-state index is 13.2. The predicted octanol–water partition coefficient (Wildman–Crippen LogP) is 2.43. The number of primary amides is 1. The van der Waals surface area contributed by atoms with Crippen LogP contribution in [0.25, 0.3) is 0 Å². The van der Waals surface area contributed by atoms with Gasteiger partial charge in [-0.1, -0.05) is 46.0 Å². The van der Waals surface area contributed by atoms with E-state index in [1.165, 1.54) is 17.8 Å². The molecule has 0 spiro atoms. The first-order valence-corrected chi connectivity index (χ1v) is 12.2. The van der Waals surface area contributed by atoms with Crippen LogP contribution in [-0.2, 0) is 16.1 Å². The molecule has 8 nitrogen and oxygen atoms in total. The molecule has 2 amide bonds. The molecule has 1 aliphatic carbocycles. The summed E-state index contributed by atoms with van der Waals surface area (Å²) < 4.78 is 0. The number of nitrogen functional groups attached to an aromatic ring is 1. The van der Waals surface area contributed by atoms with Gasteiger partial charge in [0, 0.05) is 18.2 Å². The molecule has 0 saturated heterocycles. The van der Waals surface area contributed by atoms with Crippen molar-refractivity contribution < 1.29 is 19.8 Å². The molecule has 1 fully saturated rings. The Kier molecular flexibility index (Phi) is 10.2. The van der Waals surface area contributed by atoms with E-state index in [-0.39, 0.29) is 31.2 Å². The summed E-state index contributed by atoms with van der Waals surface area (Å²) in [5.74, 6) is -0.235. The van der Waals surface area contributed by atoms with E-state index in [0.29, 0.717) is 29.6 Å². The third kappa shape index (κ3) is 8.38. The maximum atomic E-state index is 13.2. The van der Waals surface area contributed by atoms with E-state index in [0.717, 1.165) is 25.7 Å². The van der Waals surface area contributed by atoms with Gasteiger partial charge in [0.15, 0.2) is 5.13 Å². The minimum absolute atomic E-state index is 0.0386. The highest BCUT2D eigenvalue weighted by atomic mass is 32.1. The lowest BCUT2D eigenvalue weighted by molar-refractivity contribution is -0.142. The zero-order valence-electron chi connectivity index (χ0n) is 18.7. The summed E-state index contributed by atoms with van der Waals surface area (Å²) in [5, 5.41) is 24.1. The van der Waals surface area contributed by atoms with Crippen LogP contribution in [0, 0.1) is 11.8 Å². The number of aliphatic hydroxyl groups excluding tert-OH is 2. The lowest BCUT2D eigenvalue weighted by atomic mass is 9.81. The zero-order chi connectivity index (χ0) is 23.0. The Bertz CT molecular complexity index is 705. The van der Waals surface area contributed by atoms with Gasteiger partial charge in [-0.05, 0) is 24.7 Å². The van der Waals surface area contributed by atoms with E-state index in [4.69, 9.17) is 11.5 Å². The second kappa shape index (κ2) is 12.4. The van der Waals surface area contributed by atoms with Crippen molar-refractivity contribution in [2.24, 2.45) is 17.6 Å². The average molecular weight is 455 g/mol. The molecule has 1 aromatic heterocycles. The molecule has 0 bridgehead atoms. The molecule has 0 aliphatic heterocycles. The molecule has 6 N–H and O–H groups in total. The topological polar surface area (TPSA) is 143 Å². The molecule has 31 heavy (non-hydrogen) atoms. The van der Waals surface area contributed by atoms with Crippen LogP contribution in [0.3, 0.4) is 0 Å². The number of amides is 2. The van der Waals surface area contributed by atoms with Crippen LogP contribution >= 0.6 is 11.3 Å². The number of carbonyl (C=O) groups excluding carboxylic acids is 2. The smallest absolute Gasteiger partial charge is 0.223 e. The second-order valence-electron chi connectivity index (χ2n) is 9.16. The van der Waals surface area contributed by atoms with Crippen LogP contribution in [-0.4, -0.2) is 50.2 Å². The summed E-state index contributed by atoms with van der Waals surface area (Å²) in [4.78, 5) is 30.3. The summed E-state index contributed by atoms with van der Waals surface area (Å²) in [6, 6.07) is -0.569. The van der Waals surface area contributed by atoms with Crippen LogP contribution in [0.2, 0.25) is 0 Å². The summed E-state index contributed by atoms with van der Waals surface area (Å²) in [7, 11) is 0. The summed E-state index contributed by atoms with van der Waals surface area (Å²) >= 11 is 1.29. The van der Waals surface area contributed by atoms with E-state index in [2.05, 4.69) is 4.98 Å². The van der Waals surface area contributed by atoms with Gasteiger partial charge in [-0.25, -0.2) is 4.98 Å². The number of nitrogens with two attached hydrogens (primary N) is 2. The summed E-state index contributed by atoms with van der Waals surface area (Å²) in [6.45, 7) is 4.15. The highest BCUT2D eigenvalue weighted by molar-refractivity contribution is 7.13. The lowest BCUT2D eigenvalue weighted by Gasteiger charge is -2.39. The van der Waals surface area contributed by atoms with Crippen LogP contribution in [0.4, 0.5) is 5.13 Å². The van der Waals surface area contributed by atoms with Gasteiger partial charge in [0.25, 0.3) is 0 Å². The highest BCUT2D eigenvalue weighted by Crippen LogP contribution is 2.32. The van der Waals surface area contributed by atoms with Crippen LogP contribution < -0.4 is 11.5 Å². The maximum Gasteiger partial charge on any atom is 0.223 e. The van der Waals surface area contributed by atoms with Gasteiger partial charge in [0.2, 0.25) is 11.8 Å². The van der Waals surface area contributed by atoms with E-state index in [9.17, 15) is 19.8 Å². The molecule has 1 saturated carbocycles. The largest absolute Gasteiger partial charge is 0.390 e. The highest BCUT2D eigenvalue weighted by Gasteiger charge is 2.36. The molecule has 0 radical (unpaired) electrons. The van der Waals surface area contributed by atoms with E-state index >= 15 is 0 Å². The van der Waals surface area contributed by atoms with Crippen molar-refractivity contribution in [2.45, 2.75) is 96.4 Å². The van der Waals surface area contributed by atoms with E-state index in [1.54, 1.807) is 10.3 Å². The molecule has 1 aliphatic rings. The molecule has 0 aromatic carbocycles. The number of anilines is 1. The molecule has 1 aromatic rings. The van der Waals surface area contributed by atoms with Crippen molar-refractivity contribution in [1.82, 2.24) is 9.88 Å². The molecule has 1 heterocycles. The van der Waals surface area contributed by atoms with Crippen molar-refractivity contribution >= 4 is 28.3 Å². The Morgan fingerprint density at radius 1 is 1.23 bits per heavy atom. The summed E-state index contributed by atoms with van der Waals surface area (Å²) in [5.41, 5.74) is 11.7. The number of nitrogens with zero attached hydrogens (tertiary/aromatic N) is 2. The van der Waals surface area contributed by atoms with Gasteiger partial charge < -0.3 is 26.6 Å². The standard InChI is InChI=1S/C22H38N4O4S/c1-14(2)10-18(27)21(30)17(11-15-6-4-3-5-7-15)26(20(29)9-8-19(23)28)12-16-13-31-22(24)25-16/h13-15,17-18,21,27,30H,3-12H2,1-2H3,(H2,23,28)(H2,24,25)/t17-,18-,21+/m0/s1. The number of rotatable bonds is 12. The van der Waals surface area contributed by atoms with Gasteiger partial charge in [-0.15, -0.1) is 11.3 Å². The van der Waals surface area contributed by atoms with Crippen molar-refractivity contribution in [1.29, 1.82) is 0 Å². The fourth-order valence-electron chi connectivity index (χ4n) is 4.43. The molecule has 0 unspecified atom stereocenters. The van der Waals surface area contributed by atoms with Crippen LogP contribution in [0.5, 0.6) is 0 Å². The Morgan fingerprint density at radius 2 is 1.90 bits per heavy atom. The minimum atomic E-state index is -1.09. The second-order valence-corrected chi connectivity index (χ2v) is 10.0. The number of carbonyl (C=O) groups is 2. The fraction of sp³-hybridized carbons (Fsp3) is 0.773. The van der Waals surface area contributed by atoms with Gasteiger partial charge in [0.05, 0.1) is 24.4 Å². The monoisotopic (exact) mass is 454 g/mol. The van der Waals surface area contributed by atoms with Crippen molar-refractivity contribution in [2.75, 3.05) is 5.73 Å². The zero-order valence-corrected chi connectivity index (χ0v) is 19.5.